The number of ether oxygens (including phenoxy) is 2. The van der Waals surface area contributed by atoms with E-state index in [1.54, 1.807) is 11.1 Å². The van der Waals surface area contributed by atoms with Crippen LogP contribution in [0.4, 0.5) is 5.13 Å². The predicted molar refractivity (Wildman–Crippen MR) is 121 cm³/mol. The third-order valence-electron chi connectivity index (χ3n) is 5.40. The van der Waals surface area contributed by atoms with Crippen LogP contribution in [0.1, 0.15) is 16.8 Å². The maximum absolute atomic E-state index is 13.6. The highest BCUT2D eigenvalue weighted by atomic mass is 32.1. The van der Waals surface area contributed by atoms with Gasteiger partial charge in [0.1, 0.15) is 6.61 Å². The summed E-state index contributed by atoms with van der Waals surface area (Å²) in [4.78, 5) is 24.5. The molecule has 2 aromatic heterocycles. The lowest BCUT2D eigenvalue weighted by atomic mass is 10.1. The molecule has 31 heavy (non-hydrogen) atoms. The normalized spacial score (nSPS) is 15.1. The highest BCUT2D eigenvalue weighted by molar-refractivity contribution is 7.22. The molecule has 0 saturated heterocycles. The van der Waals surface area contributed by atoms with Gasteiger partial charge in [-0.15, -0.1) is 0 Å². The molecule has 1 aliphatic rings. The number of benzene rings is 2. The summed E-state index contributed by atoms with van der Waals surface area (Å²) in [6.07, 6.45) is 0.966. The van der Waals surface area contributed by atoms with E-state index in [1.165, 1.54) is 16.9 Å². The summed E-state index contributed by atoms with van der Waals surface area (Å²) in [5.74, 6) is 1.02. The number of nitrogens with zero attached hydrogens (tertiary/aromatic N) is 3. The van der Waals surface area contributed by atoms with Crippen LogP contribution in [-0.4, -0.2) is 28.6 Å². The third kappa shape index (κ3) is 3.72. The molecular weight excluding hydrogens is 410 g/mol. The monoisotopic (exact) mass is 431 g/mol. The van der Waals surface area contributed by atoms with Gasteiger partial charge in [-0.2, -0.15) is 0 Å². The molecule has 3 heterocycles. The summed E-state index contributed by atoms with van der Waals surface area (Å²) in [6, 6.07) is 17.2. The number of hydrogen-bond acceptors (Lipinski definition) is 6. The summed E-state index contributed by atoms with van der Waals surface area (Å²) in [5, 5.41) is 0.627. The van der Waals surface area contributed by atoms with Crippen molar-refractivity contribution >= 4 is 32.6 Å². The fourth-order valence-corrected chi connectivity index (χ4v) is 4.57. The van der Waals surface area contributed by atoms with Crippen LogP contribution < -0.4 is 14.4 Å². The zero-order chi connectivity index (χ0) is 21.4. The Labute approximate surface area is 184 Å². The number of para-hydroxylation sites is 2. The van der Waals surface area contributed by atoms with Crippen LogP contribution >= 0.6 is 11.3 Å². The van der Waals surface area contributed by atoms with Crippen molar-refractivity contribution in [3.05, 3.63) is 77.6 Å². The Morgan fingerprint density at radius 3 is 2.71 bits per heavy atom. The summed E-state index contributed by atoms with van der Waals surface area (Å²) < 4.78 is 12.8. The highest BCUT2D eigenvalue weighted by Gasteiger charge is 2.33. The quantitative estimate of drug-likeness (QED) is 0.469. The van der Waals surface area contributed by atoms with Crippen molar-refractivity contribution in [2.45, 2.75) is 26.5 Å². The van der Waals surface area contributed by atoms with Gasteiger partial charge in [0.25, 0.3) is 5.91 Å². The van der Waals surface area contributed by atoms with Gasteiger partial charge < -0.3 is 9.47 Å². The summed E-state index contributed by atoms with van der Waals surface area (Å²) in [5.41, 5.74) is 3.99. The second kappa shape index (κ2) is 8.00. The Morgan fingerprint density at radius 1 is 1.10 bits per heavy atom. The number of aromatic nitrogens is 2. The van der Waals surface area contributed by atoms with E-state index in [0.717, 1.165) is 21.5 Å². The fraction of sp³-hybridized carbons (Fsp3) is 0.208. The lowest BCUT2D eigenvalue weighted by Gasteiger charge is -2.29. The van der Waals surface area contributed by atoms with Crippen LogP contribution in [0.2, 0.25) is 0 Å². The van der Waals surface area contributed by atoms with Gasteiger partial charge in [-0.25, -0.2) is 4.98 Å². The summed E-state index contributed by atoms with van der Waals surface area (Å²) in [7, 11) is 0. The minimum Gasteiger partial charge on any atom is -0.485 e. The molecule has 0 saturated carbocycles. The molecule has 0 radical (unpaired) electrons. The van der Waals surface area contributed by atoms with Crippen molar-refractivity contribution in [2.24, 2.45) is 0 Å². The minimum absolute atomic E-state index is 0.150. The molecule has 1 aliphatic heterocycles. The Bertz CT molecular complexity index is 1260. The number of carbonyl (C=O) groups excluding carboxylic acids is 1. The van der Waals surface area contributed by atoms with E-state index in [4.69, 9.17) is 14.5 Å². The summed E-state index contributed by atoms with van der Waals surface area (Å²) in [6.45, 7) is 4.58. The van der Waals surface area contributed by atoms with E-state index >= 15 is 0 Å². The number of hydrogen-bond donors (Lipinski definition) is 0. The molecule has 1 atom stereocenters. The van der Waals surface area contributed by atoms with Crippen molar-refractivity contribution in [2.75, 3.05) is 11.5 Å². The number of anilines is 1. The molecule has 0 aliphatic carbocycles. The van der Waals surface area contributed by atoms with Gasteiger partial charge in [-0.05, 0) is 55.3 Å². The van der Waals surface area contributed by atoms with E-state index in [2.05, 4.69) is 31.0 Å². The highest BCUT2D eigenvalue weighted by Crippen LogP contribution is 2.35. The number of amides is 1. The second-order valence-electron chi connectivity index (χ2n) is 7.46. The molecule has 156 valence electrons. The van der Waals surface area contributed by atoms with Crippen LogP contribution in [0.3, 0.4) is 0 Å². The first-order valence-corrected chi connectivity index (χ1v) is 10.9. The second-order valence-corrected chi connectivity index (χ2v) is 8.47. The van der Waals surface area contributed by atoms with Crippen molar-refractivity contribution in [1.29, 1.82) is 0 Å². The van der Waals surface area contributed by atoms with Crippen LogP contribution in [0.25, 0.3) is 10.2 Å². The Balaban J connectivity index is 1.52. The van der Waals surface area contributed by atoms with Gasteiger partial charge in [-0.3, -0.25) is 14.7 Å². The first-order valence-electron chi connectivity index (χ1n) is 10.1. The molecule has 7 heteroatoms. The zero-order valence-corrected chi connectivity index (χ0v) is 18.1. The van der Waals surface area contributed by atoms with Gasteiger partial charge in [0, 0.05) is 6.20 Å². The van der Waals surface area contributed by atoms with Crippen molar-refractivity contribution in [3.8, 4) is 11.5 Å². The van der Waals surface area contributed by atoms with Gasteiger partial charge in [0.2, 0.25) is 6.10 Å². The van der Waals surface area contributed by atoms with Gasteiger partial charge >= 0.3 is 0 Å². The van der Waals surface area contributed by atoms with Crippen LogP contribution in [0.5, 0.6) is 11.5 Å². The molecule has 1 unspecified atom stereocenters. The molecule has 1 amide bonds. The molecule has 5 rings (SSSR count). The Morgan fingerprint density at radius 2 is 1.90 bits per heavy atom. The Kier molecular flexibility index (Phi) is 5.03. The smallest absolute Gasteiger partial charge is 0.273 e. The largest absolute Gasteiger partial charge is 0.485 e. The molecule has 0 fully saturated rings. The van der Waals surface area contributed by atoms with Gasteiger partial charge in [0.15, 0.2) is 16.6 Å². The summed E-state index contributed by atoms with van der Waals surface area (Å²) >= 11 is 1.50. The standard InChI is InChI=1S/C24H21N3O3S/c1-15-10-11-21-22(16(15)2)26-24(31-21)27(13-17-7-5-6-12-25-17)23(28)20-14-29-18-8-3-4-9-19(18)30-20/h3-12,20H,13-14H2,1-2H3. The topological polar surface area (TPSA) is 64.6 Å². The van der Waals surface area contributed by atoms with E-state index in [-0.39, 0.29) is 12.5 Å². The Hall–Kier alpha value is -3.45. The molecular formula is C24H21N3O3S. The molecule has 0 spiro atoms. The third-order valence-corrected chi connectivity index (χ3v) is 6.44. The molecule has 2 aromatic carbocycles. The van der Waals surface area contributed by atoms with E-state index in [1.807, 2.05) is 42.5 Å². The van der Waals surface area contributed by atoms with Crippen molar-refractivity contribution in [1.82, 2.24) is 9.97 Å². The molecule has 6 nitrogen and oxygen atoms in total. The SMILES string of the molecule is Cc1ccc2sc(N(Cc3ccccn3)C(=O)C3COc4ccccc4O3)nc2c1C. The fourth-order valence-electron chi connectivity index (χ4n) is 3.54. The van der Waals surface area contributed by atoms with E-state index in [0.29, 0.717) is 23.2 Å². The number of aryl methyl sites for hydroxylation is 2. The average molecular weight is 432 g/mol. The minimum atomic E-state index is -0.756. The van der Waals surface area contributed by atoms with Crippen LogP contribution in [0, 0.1) is 13.8 Å². The first kappa shape index (κ1) is 19.5. The number of carbonyl (C=O) groups is 1. The van der Waals surface area contributed by atoms with Crippen molar-refractivity contribution in [3.63, 3.8) is 0 Å². The van der Waals surface area contributed by atoms with Crippen molar-refractivity contribution < 1.29 is 14.3 Å². The van der Waals surface area contributed by atoms with Gasteiger partial charge in [-0.1, -0.05) is 35.6 Å². The zero-order valence-electron chi connectivity index (χ0n) is 17.2. The molecule has 0 N–H and O–H groups in total. The maximum atomic E-state index is 13.6. The molecule has 4 aromatic rings. The number of fused-ring (bicyclic) bond motifs is 2. The van der Waals surface area contributed by atoms with Crippen LogP contribution in [0.15, 0.2) is 60.8 Å². The predicted octanol–water partition coefficient (Wildman–Crippen LogP) is 4.68. The van der Waals surface area contributed by atoms with E-state index < -0.39 is 6.10 Å². The first-order chi connectivity index (χ1) is 15.1. The van der Waals surface area contributed by atoms with Gasteiger partial charge in [0.05, 0.1) is 22.5 Å². The van der Waals surface area contributed by atoms with E-state index in [9.17, 15) is 4.79 Å². The lowest BCUT2D eigenvalue weighted by molar-refractivity contribution is -0.127. The number of pyridine rings is 1. The number of thiazole rings is 1. The number of rotatable bonds is 4. The average Bonchev–Trinajstić information content (AvgIpc) is 3.25. The van der Waals surface area contributed by atoms with Crippen LogP contribution in [-0.2, 0) is 11.3 Å². The maximum Gasteiger partial charge on any atom is 0.273 e. The molecule has 0 bridgehead atoms. The lowest BCUT2D eigenvalue weighted by Crippen LogP contribution is -2.46.